The number of imidazole rings is 1. The second-order valence-electron chi connectivity index (χ2n) is 4.49. The molecule has 0 aliphatic carbocycles. The Kier molecular flexibility index (Phi) is 3.29. The van der Waals surface area contributed by atoms with E-state index in [1.54, 1.807) is 22.7 Å². The van der Waals surface area contributed by atoms with E-state index in [1.165, 1.54) is 6.33 Å². The van der Waals surface area contributed by atoms with Crippen LogP contribution in [0.4, 0.5) is 5.82 Å². The first kappa shape index (κ1) is 12.6. The molecule has 3 heterocycles. The van der Waals surface area contributed by atoms with E-state index in [2.05, 4.69) is 15.0 Å². The highest BCUT2D eigenvalue weighted by Gasteiger charge is 2.35. The molecule has 0 spiro atoms. The third-order valence-electron chi connectivity index (χ3n) is 3.18. The first-order valence-electron chi connectivity index (χ1n) is 5.96. The van der Waals surface area contributed by atoms with Crippen LogP contribution in [0.15, 0.2) is 12.7 Å². The Bertz CT molecular complexity index is 589. The topological polar surface area (TPSA) is 99.1 Å². The molecule has 0 aromatic carbocycles. The lowest BCUT2D eigenvalue weighted by atomic mass is 10.2. The highest BCUT2D eigenvalue weighted by molar-refractivity contribution is 7.98. The number of nitrogens with two attached hydrogens (primary N) is 1. The van der Waals surface area contributed by atoms with Gasteiger partial charge in [-0.1, -0.05) is 0 Å². The summed E-state index contributed by atoms with van der Waals surface area (Å²) in [5, 5.41) is 10.1. The molecule has 1 aliphatic heterocycles. The quantitative estimate of drug-likeness (QED) is 0.841. The van der Waals surface area contributed by atoms with Crippen LogP contribution < -0.4 is 5.73 Å². The molecule has 19 heavy (non-hydrogen) atoms. The van der Waals surface area contributed by atoms with Gasteiger partial charge in [0.15, 0.2) is 17.7 Å². The fourth-order valence-electron chi connectivity index (χ4n) is 2.33. The molecule has 8 heteroatoms. The Hall–Kier alpha value is -1.38. The van der Waals surface area contributed by atoms with Crippen molar-refractivity contribution in [3.05, 3.63) is 12.7 Å². The molecular formula is C11H15N5O2S. The van der Waals surface area contributed by atoms with Crippen LogP contribution in [0.25, 0.3) is 11.2 Å². The highest BCUT2D eigenvalue weighted by Crippen LogP contribution is 2.32. The number of hydrogen-bond acceptors (Lipinski definition) is 7. The van der Waals surface area contributed by atoms with Gasteiger partial charge in [0, 0.05) is 12.2 Å². The van der Waals surface area contributed by atoms with Crippen molar-refractivity contribution in [2.75, 3.05) is 17.7 Å². The number of nitrogen functional groups attached to an aromatic ring is 1. The largest absolute Gasteiger partial charge is 0.388 e. The van der Waals surface area contributed by atoms with Crippen molar-refractivity contribution in [2.45, 2.75) is 24.9 Å². The van der Waals surface area contributed by atoms with Crippen molar-refractivity contribution in [2.24, 2.45) is 0 Å². The number of fused-ring (bicyclic) bond motifs is 1. The molecule has 1 fully saturated rings. The monoisotopic (exact) mass is 281 g/mol. The standard InChI is InChI=1S/C11H15N5O2S/c1-19-3-6-2-7(17)11(18-6)16-5-15-8-9(12)13-4-14-10(8)16/h4-7,11,17H,2-3H2,1H3,(H2,12,13,14)/t6-,7?,11+/m0/s1. The van der Waals surface area contributed by atoms with E-state index in [0.717, 1.165) is 5.75 Å². The number of aromatic nitrogens is 4. The predicted molar refractivity (Wildman–Crippen MR) is 72.7 cm³/mol. The number of thioether (sulfide) groups is 1. The first-order valence-corrected chi connectivity index (χ1v) is 7.35. The Morgan fingerprint density at radius 1 is 1.53 bits per heavy atom. The minimum atomic E-state index is -0.564. The normalized spacial score (nSPS) is 27.2. The zero-order valence-corrected chi connectivity index (χ0v) is 11.2. The number of ether oxygens (including phenoxy) is 1. The summed E-state index contributed by atoms with van der Waals surface area (Å²) in [5.74, 6) is 1.19. The third kappa shape index (κ3) is 2.15. The summed E-state index contributed by atoms with van der Waals surface area (Å²) < 4.78 is 7.58. The minimum absolute atomic E-state index is 0.0478. The summed E-state index contributed by atoms with van der Waals surface area (Å²) in [6, 6.07) is 0. The lowest BCUT2D eigenvalue weighted by Crippen LogP contribution is -2.19. The van der Waals surface area contributed by atoms with Gasteiger partial charge in [-0.25, -0.2) is 15.0 Å². The predicted octanol–water partition coefficient (Wildman–Crippen LogP) is 0.420. The van der Waals surface area contributed by atoms with Gasteiger partial charge in [-0.05, 0) is 6.26 Å². The maximum absolute atomic E-state index is 10.1. The number of anilines is 1. The van der Waals surface area contributed by atoms with Gasteiger partial charge >= 0.3 is 0 Å². The van der Waals surface area contributed by atoms with Gasteiger partial charge in [0.05, 0.1) is 12.4 Å². The molecular weight excluding hydrogens is 266 g/mol. The van der Waals surface area contributed by atoms with E-state index in [-0.39, 0.29) is 6.10 Å². The molecule has 0 bridgehead atoms. The summed E-state index contributed by atoms with van der Waals surface area (Å²) in [5.41, 5.74) is 6.86. The summed E-state index contributed by atoms with van der Waals surface area (Å²) in [7, 11) is 0. The molecule has 0 saturated carbocycles. The van der Waals surface area contributed by atoms with E-state index >= 15 is 0 Å². The Morgan fingerprint density at radius 3 is 3.16 bits per heavy atom. The Labute approximate surface area is 114 Å². The summed E-state index contributed by atoms with van der Waals surface area (Å²) >= 11 is 1.70. The van der Waals surface area contributed by atoms with Crippen LogP contribution in [-0.2, 0) is 4.74 Å². The lowest BCUT2D eigenvalue weighted by molar-refractivity contribution is -0.0285. The molecule has 2 aromatic rings. The molecule has 0 radical (unpaired) electrons. The zero-order chi connectivity index (χ0) is 13.4. The van der Waals surface area contributed by atoms with Crippen molar-refractivity contribution < 1.29 is 9.84 Å². The molecule has 102 valence electrons. The average molecular weight is 281 g/mol. The molecule has 2 aromatic heterocycles. The highest BCUT2D eigenvalue weighted by atomic mass is 32.2. The van der Waals surface area contributed by atoms with Crippen molar-refractivity contribution in [1.82, 2.24) is 19.5 Å². The van der Waals surface area contributed by atoms with E-state index in [4.69, 9.17) is 10.5 Å². The molecule has 3 atom stereocenters. The van der Waals surface area contributed by atoms with Crippen molar-refractivity contribution >= 4 is 28.7 Å². The van der Waals surface area contributed by atoms with Gasteiger partial charge in [0.25, 0.3) is 0 Å². The van der Waals surface area contributed by atoms with Crippen molar-refractivity contribution in [3.8, 4) is 0 Å². The van der Waals surface area contributed by atoms with Gasteiger partial charge in [-0.2, -0.15) is 11.8 Å². The SMILES string of the molecule is CSC[C@@H]1CC(O)[C@H](n2cnc3c(N)ncnc32)O1. The van der Waals surface area contributed by atoms with E-state index in [0.29, 0.717) is 23.4 Å². The maximum Gasteiger partial charge on any atom is 0.167 e. The lowest BCUT2D eigenvalue weighted by Gasteiger charge is -2.16. The van der Waals surface area contributed by atoms with Gasteiger partial charge < -0.3 is 15.6 Å². The van der Waals surface area contributed by atoms with Gasteiger partial charge in [0.1, 0.15) is 17.9 Å². The van der Waals surface area contributed by atoms with Gasteiger partial charge in [-0.3, -0.25) is 4.57 Å². The van der Waals surface area contributed by atoms with Gasteiger partial charge in [0.2, 0.25) is 0 Å². The van der Waals surface area contributed by atoms with Crippen LogP contribution in [0.3, 0.4) is 0 Å². The van der Waals surface area contributed by atoms with Crippen LogP contribution in [0.5, 0.6) is 0 Å². The van der Waals surface area contributed by atoms with E-state index < -0.39 is 12.3 Å². The van der Waals surface area contributed by atoms with Crippen LogP contribution in [-0.4, -0.2) is 48.8 Å². The fraction of sp³-hybridized carbons (Fsp3) is 0.545. The zero-order valence-electron chi connectivity index (χ0n) is 10.4. The second kappa shape index (κ2) is 4.95. The van der Waals surface area contributed by atoms with E-state index in [1.807, 2.05) is 6.26 Å². The molecule has 1 aliphatic rings. The van der Waals surface area contributed by atoms with Crippen LogP contribution in [0.1, 0.15) is 12.6 Å². The Morgan fingerprint density at radius 2 is 2.37 bits per heavy atom. The van der Waals surface area contributed by atoms with Crippen LogP contribution in [0.2, 0.25) is 0 Å². The molecule has 7 nitrogen and oxygen atoms in total. The number of rotatable bonds is 3. The molecule has 3 rings (SSSR count). The molecule has 3 N–H and O–H groups in total. The van der Waals surface area contributed by atoms with E-state index in [9.17, 15) is 5.11 Å². The van der Waals surface area contributed by atoms with Crippen LogP contribution in [0, 0.1) is 0 Å². The summed E-state index contributed by atoms with van der Waals surface area (Å²) in [4.78, 5) is 12.2. The second-order valence-corrected chi connectivity index (χ2v) is 5.40. The number of aliphatic hydroxyl groups is 1. The summed E-state index contributed by atoms with van der Waals surface area (Å²) in [6.45, 7) is 0. The average Bonchev–Trinajstić information content (AvgIpc) is 2.94. The maximum atomic E-state index is 10.1. The Balaban J connectivity index is 1.94. The number of aliphatic hydroxyl groups excluding tert-OH is 1. The fourth-order valence-corrected chi connectivity index (χ4v) is 2.92. The summed E-state index contributed by atoms with van der Waals surface area (Å²) in [6.07, 6.45) is 4.63. The molecule has 1 unspecified atom stereocenters. The van der Waals surface area contributed by atoms with Crippen LogP contribution >= 0.6 is 11.8 Å². The van der Waals surface area contributed by atoms with Crippen molar-refractivity contribution in [3.63, 3.8) is 0 Å². The van der Waals surface area contributed by atoms with Gasteiger partial charge in [-0.15, -0.1) is 0 Å². The molecule has 1 saturated heterocycles. The first-order chi connectivity index (χ1) is 9.20. The molecule has 0 amide bonds. The smallest absolute Gasteiger partial charge is 0.167 e. The number of hydrogen-bond donors (Lipinski definition) is 2. The minimum Gasteiger partial charge on any atom is -0.388 e. The number of nitrogens with zero attached hydrogens (tertiary/aromatic N) is 4. The van der Waals surface area contributed by atoms with Crippen molar-refractivity contribution in [1.29, 1.82) is 0 Å². The third-order valence-corrected chi connectivity index (χ3v) is 3.88.